The van der Waals surface area contributed by atoms with Crippen molar-refractivity contribution in [2.75, 3.05) is 52.9 Å². The first kappa shape index (κ1) is 19.7. The van der Waals surface area contributed by atoms with Crippen molar-refractivity contribution in [3.63, 3.8) is 0 Å². The molecule has 0 aliphatic carbocycles. The van der Waals surface area contributed by atoms with Crippen LogP contribution in [-0.2, 0) is 4.79 Å². The highest BCUT2D eigenvalue weighted by Gasteiger charge is 2.13. The van der Waals surface area contributed by atoms with Crippen LogP contribution in [0.5, 0.6) is 5.75 Å². The van der Waals surface area contributed by atoms with Gasteiger partial charge < -0.3 is 19.9 Å². The fourth-order valence-corrected chi connectivity index (χ4v) is 2.93. The summed E-state index contributed by atoms with van der Waals surface area (Å²) in [5, 5.41) is 2.96. The van der Waals surface area contributed by atoms with E-state index < -0.39 is 0 Å². The summed E-state index contributed by atoms with van der Waals surface area (Å²) in [5.74, 6) is 1.21. The summed E-state index contributed by atoms with van der Waals surface area (Å²) in [6.07, 6.45) is 0.983. The van der Waals surface area contributed by atoms with Crippen LogP contribution in [0.1, 0.15) is 37.3 Å². The molecule has 1 aromatic rings. The van der Waals surface area contributed by atoms with Crippen LogP contribution in [-0.4, -0.2) is 68.6 Å². The number of ether oxygens (including phenoxy) is 1. The van der Waals surface area contributed by atoms with Crippen molar-refractivity contribution < 1.29 is 9.53 Å². The molecule has 0 bridgehead atoms. The average Bonchev–Trinajstić information content (AvgIpc) is 2.59. The molecule has 1 aromatic carbocycles. The van der Waals surface area contributed by atoms with E-state index in [4.69, 9.17) is 4.74 Å². The zero-order chi connectivity index (χ0) is 18.2. The predicted octanol–water partition coefficient (Wildman–Crippen LogP) is 2.25. The number of hydrogen-bond acceptors (Lipinski definition) is 4. The van der Waals surface area contributed by atoms with E-state index in [1.54, 1.807) is 0 Å². The van der Waals surface area contributed by atoms with E-state index in [9.17, 15) is 4.79 Å². The maximum absolute atomic E-state index is 12.0. The van der Waals surface area contributed by atoms with Crippen molar-refractivity contribution in [2.24, 2.45) is 0 Å². The highest BCUT2D eigenvalue weighted by atomic mass is 16.5. The summed E-state index contributed by atoms with van der Waals surface area (Å²) >= 11 is 0. The van der Waals surface area contributed by atoms with E-state index in [-0.39, 0.29) is 12.5 Å². The number of hydrogen-bond donors (Lipinski definition) is 1. The standard InChI is InChI=1S/C20H33N3O2/c1-16(2)18-7-6-17(3)19(14-18)25-15-20(24)21-8-5-9-23-12-10-22(4)11-13-23/h6-7,14,16H,5,8-13,15H2,1-4H3,(H,21,24). The molecule has 1 fully saturated rings. The van der Waals surface area contributed by atoms with Gasteiger partial charge in [0.1, 0.15) is 5.75 Å². The molecule has 1 heterocycles. The Kier molecular flexibility index (Phi) is 7.72. The normalized spacial score (nSPS) is 16.2. The molecule has 5 nitrogen and oxygen atoms in total. The Balaban J connectivity index is 1.65. The Hall–Kier alpha value is -1.59. The van der Waals surface area contributed by atoms with Gasteiger partial charge in [-0.15, -0.1) is 0 Å². The second kappa shape index (κ2) is 9.78. The molecule has 1 aliphatic heterocycles. The van der Waals surface area contributed by atoms with E-state index in [1.165, 1.54) is 5.56 Å². The largest absolute Gasteiger partial charge is 0.483 e. The molecule has 0 spiro atoms. The van der Waals surface area contributed by atoms with Gasteiger partial charge in [-0.1, -0.05) is 26.0 Å². The van der Waals surface area contributed by atoms with E-state index in [2.05, 4.69) is 48.1 Å². The maximum atomic E-state index is 12.0. The van der Waals surface area contributed by atoms with Crippen LogP contribution in [0.25, 0.3) is 0 Å². The molecule has 1 saturated heterocycles. The molecule has 0 radical (unpaired) electrons. The quantitative estimate of drug-likeness (QED) is 0.733. The van der Waals surface area contributed by atoms with Crippen molar-refractivity contribution in [3.05, 3.63) is 29.3 Å². The number of nitrogens with zero attached hydrogens (tertiary/aromatic N) is 2. The molecule has 1 aliphatic rings. The summed E-state index contributed by atoms with van der Waals surface area (Å²) in [4.78, 5) is 16.8. The summed E-state index contributed by atoms with van der Waals surface area (Å²) in [5.41, 5.74) is 2.29. The van der Waals surface area contributed by atoms with Crippen molar-refractivity contribution in [2.45, 2.75) is 33.1 Å². The lowest BCUT2D eigenvalue weighted by molar-refractivity contribution is -0.123. The Bertz CT molecular complexity index is 552. The number of piperazine rings is 1. The molecule has 0 aromatic heterocycles. The van der Waals surface area contributed by atoms with Crippen molar-refractivity contribution in [1.29, 1.82) is 0 Å². The van der Waals surface area contributed by atoms with Crippen LogP contribution in [0.3, 0.4) is 0 Å². The number of nitrogens with one attached hydrogen (secondary N) is 1. The topological polar surface area (TPSA) is 44.8 Å². The van der Waals surface area contributed by atoms with Gasteiger partial charge >= 0.3 is 0 Å². The van der Waals surface area contributed by atoms with Gasteiger partial charge in [0.05, 0.1) is 0 Å². The summed E-state index contributed by atoms with van der Waals surface area (Å²) in [7, 11) is 2.16. The average molecular weight is 348 g/mol. The van der Waals surface area contributed by atoms with Crippen molar-refractivity contribution >= 4 is 5.91 Å². The lowest BCUT2D eigenvalue weighted by Gasteiger charge is -2.32. The third-order valence-corrected chi connectivity index (χ3v) is 4.81. The zero-order valence-electron chi connectivity index (χ0n) is 16.2. The van der Waals surface area contributed by atoms with Gasteiger partial charge in [-0.2, -0.15) is 0 Å². The number of carbonyl (C=O) groups is 1. The van der Waals surface area contributed by atoms with Gasteiger partial charge in [0.25, 0.3) is 5.91 Å². The third kappa shape index (κ3) is 6.67. The van der Waals surface area contributed by atoms with Crippen LogP contribution in [0.15, 0.2) is 18.2 Å². The molecule has 25 heavy (non-hydrogen) atoms. The number of benzene rings is 1. The Morgan fingerprint density at radius 3 is 2.64 bits per heavy atom. The minimum absolute atomic E-state index is 0.0484. The lowest BCUT2D eigenvalue weighted by atomic mass is 10.0. The van der Waals surface area contributed by atoms with Crippen LogP contribution in [0.4, 0.5) is 0 Å². The van der Waals surface area contributed by atoms with E-state index >= 15 is 0 Å². The molecule has 1 amide bonds. The van der Waals surface area contributed by atoms with Crippen LogP contribution < -0.4 is 10.1 Å². The highest BCUT2D eigenvalue weighted by molar-refractivity contribution is 5.77. The molecular formula is C20H33N3O2. The molecule has 0 saturated carbocycles. The first-order valence-corrected chi connectivity index (χ1v) is 9.36. The number of carbonyl (C=O) groups excluding carboxylic acids is 1. The summed E-state index contributed by atoms with van der Waals surface area (Å²) in [6, 6.07) is 6.21. The van der Waals surface area contributed by atoms with Gasteiger partial charge in [0.2, 0.25) is 0 Å². The maximum Gasteiger partial charge on any atom is 0.257 e. The third-order valence-electron chi connectivity index (χ3n) is 4.81. The zero-order valence-corrected chi connectivity index (χ0v) is 16.2. The Morgan fingerprint density at radius 1 is 1.24 bits per heavy atom. The Morgan fingerprint density at radius 2 is 1.96 bits per heavy atom. The molecule has 0 unspecified atom stereocenters. The molecule has 2 rings (SSSR count). The van der Waals surface area contributed by atoms with E-state index in [1.807, 2.05) is 13.0 Å². The number of rotatable bonds is 8. The molecule has 0 atom stereocenters. The van der Waals surface area contributed by atoms with Gasteiger partial charge in [0, 0.05) is 32.7 Å². The van der Waals surface area contributed by atoms with Crippen LogP contribution in [0.2, 0.25) is 0 Å². The minimum atomic E-state index is -0.0484. The van der Waals surface area contributed by atoms with Gasteiger partial charge in [0.15, 0.2) is 6.61 Å². The van der Waals surface area contributed by atoms with Crippen molar-refractivity contribution in [3.8, 4) is 5.75 Å². The predicted molar refractivity (Wildman–Crippen MR) is 102 cm³/mol. The van der Waals surface area contributed by atoms with E-state index in [0.717, 1.165) is 50.5 Å². The lowest BCUT2D eigenvalue weighted by Crippen LogP contribution is -2.45. The number of amides is 1. The van der Waals surface area contributed by atoms with E-state index in [0.29, 0.717) is 12.5 Å². The smallest absolute Gasteiger partial charge is 0.257 e. The summed E-state index contributed by atoms with van der Waals surface area (Å²) in [6.45, 7) is 12.7. The van der Waals surface area contributed by atoms with Crippen LogP contribution in [0, 0.1) is 6.92 Å². The second-order valence-corrected chi connectivity index (χ2v) is 7.32. The fraction of sp³-hybridized carbons (Fsp3) is 0.650. The first-order valence-electron chi connectivity index (χ1n) is 9.36. The molecular weight excluding hydrogens is 314 g/mol. The van der Waals surface area contributed by atoms with Gasteiger partial charge in [-0.05, 0) is 50.0 Å². The second-order valence-electron chi connectivity index (χ2n) is 7.32. The van der Waals surface area contributed by atoms with Gasteiger partial charge in [-0.25, -0.2) is 0 Å². The number of aryl methyl sites for hydroxylation is 1. The van der Waals surface area contributed by atoms with Crippen LogP contribution >= 0.6 is 0 Å². The minimum Gasteiger partial charge on any atom is -0.483 e. The van der Waals surface area contributed by atoms with Gasteiger partial charge in [-0.3, -0.25) is 4.79 Å². The fourth-order valence-electron chi connectivity index (χ4n) is 2.93. The monoisotopic (exact) mass is 347 g/mol. The highest BCUT2D eigenvalue weighted by Crippen LogP contribution is 2.24. The SMILES string of the molecule is Cc1ccc(C(C)C)cc1OCC(=O)NCCCN1CCN(C)CC1. The molecule has 140 valence electrons. The summed E-state index contributed by atoms with van der Waals surface area (Å²) < 4.78 is 5.72. The number of likely N-dealkylation sites (N-methyl/N-ethyl adjacent to an activating group) is 1. The first-order chi connectivity index (χ1) is 12.0. The Labute approximate surface area is 152 Å². The molecule has 1 N–H and O–H groups in total. The molecule has 5 heteroatoms. The van der Waals surface area contributed by atoms with Crippen molar-refractivity contribution in [1.82, 2.24) is 15.1 Å².